The molecule has 0 aliphatic rings. The molecule has 2 aromatic rings. The van der Waals surface area contributed by atoms with Crippen LogP contribution in [0.1, 0.15) is 36.5 Å². The predicted molar refractivity (Wildman–Crippen MR) is 83.0 cm³/mol. The molecule has 0 spiro atoms. The molecule has 1 N–H and O–H groups in total. The van der Waals surface area contributed by atoms with Crippen LogP contribution >= 0.6 is 0 Å². The Morgan fingerprint density at radius 2 is 1.50 bits per heavy atom. The largest absolute Gasteiger partial charge is 0.392 e. The standard InChI is InChI=1S/C17H20O2S/c1-13(2)16-7-9-17(10-8-16)20(19)12-15-5-3-14(11-18)4-6-15/h3-10,13,18H,11-12H2,1-2H3. The van der Waals surface area contributed by atoms with Gasteiger partial charge in [0, 0.05) is 4.90 Å². The molecular formula is C17H20O2S. The molecule has 2 rings (SSSR count). The molecule has 0 radical (unpaired) electrons. The van der Waals surface area contributed by atoms with Crippen LogP contribution in [0, 0.1) is 0 Å². The Kier molecular flexibility index (Phi) is 5.10. The molecule has 1 atom stereocenters. The zero-order chi connectivity index (χ0) is 14.5. The lowest BCUT2D eigenvalue weighted by Crippen LogP contribution is -1.97. The molecule has 0 aliphatic carbocycles. The summed E-state index contributed by atoms with van der Waals surface area (Å²) in [6.45, 7) is 4.34. The monoisotopic (exact) mass is 288 g/mol. The summed E-state index contributed by atoms with van der Waals surface area (Å²) in [4.78, 5) is 0.862. The smallest absolute Gasteiger partial charge is 0.0681 e. The summed E-state index contributed by atoms with van der Waals surface area (Å²) in [5, 5.41) is 9.00. The molecule has 0 heterocycles. The fourth-order valence-electron chi connectivity index (χ4n) is 1.98. The molecule has 0 aromatic heterocycles. The van der Waals surface area contributed by atoms with Gasteiger partial charge in [-0.2, -0.15) is 0 Å². The van der Waals surface area contributed by atoms with Gasteiger partial charge in [-0.15, -0.1) is 0 Å². The van der Waals surface area contributed by atoms with Crippen LogP contribution in [0.15, 0.2) is 53.4 Å². The van der Waals surface area contributed by atoms with Gasteiger partial charge in [0.15, 0.2) is 0 Å². The summed E-state index contributed by atoms with van der Waals surface area (Å²) in [6.07, 6.45) is 0. The van der Waals surface area contributed by atoms with E-state index in [0.717, 1.165) is 16.0 Å². The summed E-state index contributed by atoms with van der Waals surface area (Å²) < 4.78 is 12.3. The van der Waals surface area contributed by atoms with Crippen molar-refractivity contribution in [2.45, 2.75) is 37.0 Å². The Balaban J connectivity index is 2.07. The van der Waals surface area contributed by atoms with Gasteiger partial charge in [0.1, 0.15) is 0 Å². The lowest BCUT2D eigenvalue weighted by molar-refractivity contribution is 0.282. The number of hydrogen-bond donors (Lipinski definition) is 1. The highest BCUT2D eigenvalue weighted by atomic mass is 32.2. The van der Waals surface area contributed by atoms with E-state index in [1.807, 2.05) is 48.5 Å². The van der Waals surface area contributed by atoms with Gasteiger partial charge in [0.05, 0.1) is 23.2 Å². The highest BCUT2D eigenvalue weighted by Gasteiger charge is 2.06. The predicted octanol–water partition coefficient (Wildman–Crippen LogP) is 3.61. The summed E-state index contributed by atoms with van der Waals surface area (Å²) in [7, 11) is -1.03. The highest BCUT2D eigenvalue weighted by molar-refractivity contribution is 7.84. The van der Waals surface area contributed by atoms with E-state index in [-0.39, 0.29) is 6.61 Å². The van der Waals surface area contributed by atoms with E-state index < -0.39 is 10.8 Å². The zero-order valence-electron chi connectivity index (χ0n) is 11.9. The fraction of sp³-hybridized carbons (Fsp3) is 0.294. The van der Waals surface area contributed by atoms with Crippen molar-refractivity contribution in [2.24, 2.45) is 0 Å². The average Bonchev–Trinajstić information content (AvgIpc) is 2.48. The van der Waals surface area contributed by atoms with Crippen molar-refractivity contribution in [1.29, 1.82) is 0 Å². The van der Waals surface area contributed by atoms with Gasteiger partial charge in [-0.3, -0.25) is 4.21 Å². The molecule has 0 saturated carbocycles. The zero-order valence-corrected chi connectivity index (χ0v) is 12.7. The van der Waals surface area contributed by atoms with Crippen LogP contribution in [0.4, 0.5) is 0 Å². The van der Waals surface area contributed by atoms with Crippen LogP contribution in [0.5, 0.6) is 0 Å². The lowest BCUT2D eigenvalue weighted by atomic mass is 10.0. The average molecular weight is 288 g/mol. The Morgan fingerprint density at radius 3 is 2.00 bits per heavy atom. The fourth-order valence-corrected chi connectivity index (χ4v) is 3.08. The second kappa shape index (κ2) is 6.82. The van der Waals surface area contributed by atoms with E-state index in [9.17, 15) is 4.21 Å². The molecule has 0 aliphatic heterocycles. The molecule has 106 valence electrons. The summed E-state index contributed by atoms with van der Waals surface area (Å²) >= 11 is 0. The van der Waals surface area contributed by atoms with Crippen molar-refractivity contribution in [1.82, 2.24) is 0 Å². The Bertz CT molecular complexity index is 571. The molecule has 2 aromatic carbocycles. The van der Waals surface area contributed by atoms with Gasteiger partial charge in [-0.1, -0.05) is 50.2 Å². The first-order valence-corrected chi connectivity index (χ1v) is 8.09. The van der Waals surface area contributed by atoms with Crippen LogP contribution in [-0.2, 0) is 23.2 Å². The minimum absolute atomic E-state index is 0.0417. The van der Waals surface area contributed by atoms with Gasteiger partial charge >= 0.3 is 0 Å². The number of rotatable bonds is 5. The van der Waals surface area contributed by atoms with E-state index in [0.29, 0.717) is 11.7 Å². The number of aliphatic hydroxyl groups is 1. The first kappa shape index (κ1) is 14.9. The molecule has 0 fully saturated rings. The summed E-state index contributed by atoms with van der Waals surface area (Å²) in [5.41, 5.74) is 3.16. The van der Waals surface area contributed by atoms with Gasteiger partial charge in [0.25, 0.3) is 0 Å². The van der Waals surface area contributed by atoms with E-state index in [2.05, 4.69) is 13.8 Å². The minimum Gasteiger partial charge on any atom is -0.392 e. The molecule has 0 amide bonds. The first-order valence-electron chi connectivity index (χ1n) is 6.77. The third kappa shape index (κ3) is 3.78. The third-order valence-corrected chi connectivity index (χ3v) is 4.71. The second-order valence-electron chi connectivity index (χ2n) is 5.19. The highest BCUT2D eigenvalue weighted by Crippen LogP contribution is 2.18. The Hall–Kier alpha value is -1.45. The van der Waals surface area contributed by atoms with Crippen LogP contribution < -0.4 is 0 Å². The van der Waals surface area contributed by atoms with Gasteiger partial charge in [-0.25, -0.2) is 0 Å². The number of aliphatic hydroxyl groups excluding tert-OH is 1. The van der Waals surface area contributed by atoms with E-state index in [1.165, 1.54) is 5.56 Å². The first-order chi connectivity index (χ1) is 9.60. The van der Waals surface area contributed by atoms with Crippen LogP contribution in [0.2, 0.25) is 0 Å². The molecule has 1 unspecified atom stereocenters. The second-order valence-corrected chi connectivity index (χ2v) is 6.64. The Labute approximate surface area is 122 Å². The molecule has 0 bridgehead atoms. The van der Waals surface area contributed by atoms with Crippen LogP contribution in [0.25, 0.3) is 0 Å². The molecular weight excluding hydrogens is 268 g/mol. The molecule has 20 heavy (non-hydrogen) atoms. The van der Waals surface area contributed by atoms with Crippen molar-refractivity contribution in [3.63, 3.8) is 0 Å². The van der Waals surface area contributed by atoms with Gasteiger partial charge < -0.3 is 5.11 Å². The quantitative estimate of drug-likeness (QED) is 0.912. The lowest BCUT2D eigenvalue weighted by Gasteiger charge is -2.07. The molecule has 2 nitrogen and oxygen atoms in total. The summed E-state index contributed by atoms with van der Waals surface area (Å²) in [5.74, 6) is 0.996. The van der Waals surface area contributed by atoms with E-state index in [1.54, 1.807) is 0 Å². The maximum Gasteiger partial charge on any atom is 0.0681 e. The number of benzene rings is 2. The third-order valence-electron chi connectivity index (χ3n) is 3.31. The number of hydrogen-bond acceptors (Lipinski definition) is 2. The van der Waals surface area contributed by atoms with Crippen molar-refractivity contribution >= 4 is 10.8 Å². The van der Waals surface area contributed by atoms with Gasteiger partial charge in [0.2, 0.25) is 0 Å². The van der Waals surface area contributed by atoms with Crippen molar-refractivity contribution in [3.8, 4) is 0 Å². The summed E-state index contributed by atoms with van der Waals surface area (Å²) in [6, 6.07) is 15.6. The van der Waals surface area contributed by atoms with Crippen LogP contribution in [0.3, 0.4) is 0 Å². The van der Waals surface area contributed by atoms with E-state index in [4.69, 9.17) is 5.11 Å². The normalized spacial score (nSPS) is 12.6. The van der Waals surface area contributed by atoms with E-state index >= 15 is 0 Å². The molecule has 0 saturated heterocycles. The van der Waals surface area contributed by atoms with Crippen molar-refractivity contribution < 1.29 is 9.32 Å². The van der Waals surface area contributed by atoms with Crippen molar-refractivity contribution in [2.75, 3.05) is 0 Å². The van der Waals surface area contributed by atoms with Crippen LogP contribution in [-0.4, -0.2) is 9.32 Å². The molecule has 3 heteroatoms. The Morgan fingerprint density at radius 1 is 0.950 bits per heavy atom. The van der Waals surface area contributed by atoms with Gasteiger partial charge in [-0.05, 0) is 34.7 Å². The van der Waals surface area contributed by atoms with Crippen molar-refractivity contribution in [3.05, 3.63) is 65.2 Å². The maximum atomic E-state index is 12.3. The maximum absolute atomic E-state index is 12.3. The topological polar surface area (TPSA) is 37.3 Å². The SMILES string of the molecule is CC(C)c1ccc(S(=O)Cc2ccc(CO)cc2)cc1. The minimum atomic E-state index is -1.03.